The Labute approximate surface area is 163 Å². The molecule has 7 heteroatoms. The molecule has 27 heavy (non-hydrogen) atoms. The highest BCUT2D eigenvalue weighted by atomic mass is 35.5. The van der Waals surface area contributed by atoms with Crippen LogP contribution in [0.4, 0.5) is 0 Å². The predicted octanol–water partition coefficient (Wildman–Crippen LogP) is 3.02. The maximum absolute atomic E-state index is 11.7. The molecule has 0 radical (unpaired) electrons. The average molecular weight is 392 g/mol. The van der Waals surface area contributed by atoms with Crippen LogP contribution in [0.5, 0.6) is 11.5 Å². The van der Waals surface area contributed by atoms with Gasteiger partial charge in [0, 0.05) is 11.4 Å². The third-order valence-electron chi connectivity index (χ3n) is 3.65. The Morgan fingerprint density at radius 2 is 1.67 bits per heavy atom. The molecule has 2 aromatic carbocycles. The molecule has 0 aliphatic rings. The molecule has 2 rings (SSSR count). The second-order valence-corrected chi connectivity index (χ2v) is 6.10. The maximum atomic E-state index is 11.7. The third kappa shape index (κ3) is 8.00. The van der Waals surface area contributed by atoms with E-state index >= 15 is 0 Å². The number of aryl methyl sites for hydroxylation is 1. The number of amides is 1. The predicted molar refractivity (Wildman–Crippen MR) is 102 cm³/mol. The van der Waals surface area contributed by atoms with Crippen LogP contribution in [0.3, 0.4) is 0 Å². The number of hydrogen-bond donors (Lipinski definition) is 1. The van der Waals surface area contributed by atoms with E-state index in [2.05, 4.69) is 5.32 Å². The minimum Gasteiger partial charge on any atom is -0.497 e. The second kappa shape index (κ2) is 11.1. The molecule has 0 aromatic heterocycles. The smallest absolute Gasteiger partial charge is 0.306 e. The molecule has 144 valence electrons. The summed E-state index contributed by atoms with van der Waals surface area (Å²) in [5.41, 5.74) is 0.997. The maximum Gasteiger partial charge on any atom is 0.306 e. The summed E-state index contributed by atoms with van der Waals surface area (Å²) in [5.74, 6) is 0.641. The summed E-state index contributed by atoms with van der Waals surface area (Å²) in [5, 5.41) is 3.25. The van der Waals surface area contributed by atoms with E-state index in [1.807, 2.05) is 24.3 Å². The Bertz CT molecular complexity index is 731. The van der Waals surface area contributed by atoms with E-state index < -0.39 is 5.97 Å². The Kier molecular flexibility index (Phi) is 8.45. The van der Waals surface area contributed by atoms with Crippen molar-refractivity contribution in [3.8, 4) is 11.5 Å². The Morgan fingerprint density at radius 1 is 1.00 bits per heavy atom. The lowest BCUT2D eigenvalue weighted by molar-refractivity contribution is -0.148. The second-order valence-electron chi connectivity index (χ2n) is 5.66. The van der Waals surface area contributed by atoms with Crippen LogP contribution < -0.4 is 14.8 Å². The van der Waals surface area contributed by atoms with Gasteiger partial charge >= 0.3 is 5.97 Å². The van der Waals surface area contributed by atoms with Crippen LogP contribution in [0.1, 0.15) is 12.0 Å². The Hall–Kier alpha value is -2.73. The number of esters is 1. The lowest BCUT2D eigenvalue weighted by atomic mass is 10.1. The SMILES string of the molecule is COc1ccc(CCC(=O)OCC(=O)NCCOc2ccc(Cl)cc2)cc1. The number of hydrogen-bond acceptors (Lipinski definition) is 5. The molecular weight excluding hydrogens is 370 g/mol. The standard InChI is InChI=1S/C20H22ClNO5/c1-25-17-7-2-15(3-8-17)4-11-20(24)27-14-19(23)22-12-13-26-18-9-5-16(21)6-10-18/h2-3,5-10H,4,11-14H2,1H3,(H,22,23). The molecule has 0 unspecified atom stereocenters. The van der Waals surface area contributed by atoms with Crippen molar-refractivity contribution < 1.29 is 23.8 Å². The molecule has 1 N–H and O–H groups in total. The monoisotopic (exact) mass is 391 g/mol. The van der Waals surface area contributed by atoms with Crippen molar-refractivity contribution in [1.82, 2.24) is 5.32 Å². The zero-order chi connectivity index (χ0) is 19.5. The van der Waals surface area contributed by atoms with Gasteiger partial charge in [0.15, 0.2) is 6.61 Å². The van der Waals surface area contributed by atoms with Crippen LogP contribution in [0.2, 0.25) is 5.02 Å². The molecule has 0 bridgehead atoms. The van der Waals surface area contributed by atoms with Crippen LogP contribution in [0, 0.1) is 0 Å². The van der Waals surface area contributed by atoms with Crippen molar-refractivity contribution in [2.75, 3.05) is 26.9 Å². The number of halogens is 1. The fourth-order valence-electron chi connectivity index (χ4n) is 2.20. The average Bonchev–Trinajstić information content (AvgIpc) is 2.69. The quantitative estimate of drug-likeness (QED) is 0.498. The molecule has 0 aliphatic carbocycles. The lowest BCUT2D eigenvalue weighted by Gasteiger charge is -2.08. The minimum absolute atomic E-state index is 0.208. The molecule has 6 nitrogen and oxygen atoms in total. The van der Waals surface area contributed by atoms with E-state index in [-0.39, 0.29) is 18.9 Å². The van der Waals surface area contributed by atoms with Gasteiger partial charge in [-0.15, -0.1) is 0 Å². The zero-order valence-electron chi connectivity index (χ0n) is 15.1. The number of carbonyl (C=O) groups excluding carboxylic acids is 2. The summed E-state index contributed by atoms with van der Waals surface area (Å²) < 4.78 is 15.5. The van der Waals surface area contributed by atoms with Gasteiger partial charge in [-0.3, -0.25) is 9.59 Å². The van der Waals surface area contributed by atoms with Gasteiger partial charge in [-0.25, -0.2) is 0 Å². The molecule has 0 atom stereocenters. The van der Waals surface area contributed by atoms with Crippen LogP contribution >= 0.6 is 11.6 Å². The fraction of sp³-hybridized carbons (Fsp3) is 0.300. The number of rotatable bonds is 10. The Balaban J connectivity index is 1.56. The summed E-state index contributed by atoms with van der Waals surface area (Å²) in [7, 11) is 1.60. The molecule has 0 fully saturated rings. The molecule has 2 aromatic rings. The molecule has 0 heterocycles. The van der Waals surface area contributed by atoms with Gasteiger partial charge in [0.05, 0.1) is 13.7 Å². The van der Waals surface area contributed by atoms with Crippen molar-refractivity contribution >= 4 is 23.5 Å². The summed E-state index contributed by atoms with van der Waals surface area (Å²) in [6, 6.07) is 14.4. The first-order valence-electron chi connectivity index (χ1n) is 8.50. The number of carbonyl (C=O) groups is 2. The third-order valence-corrected chi connectivity index (χ3v) is 3.90. The van der Waals surface area contributed by atoms with E-state index in [1.54, 1.807) is 31.4 Å². The number of ether oxygens (including phenoxy) is 3. The van der Waals surface area contributed by atoms with Crippen molar-refractivity contribution in [1.29, 1.82) is 0 Å². The fourth-order valence-corrected chi connectivity index (χ4v) is 2.32. The normalized spacial score (nSPS) is 10.1. The highest BCUT2D eigenvalue weighted by Crippen LogP contribution is 2.15. The number of methoxy groups -OCH3 is 1. The van der Waals surface area contributed by atoms with Crippen molar-refractivity contribution in [2.24, 2.45) is 0 Å². The topological polar surface area (TPSA) is 73.9 Å². The Morgan fingerprint density at radius 3 is 2.33 bits per heavy atom. The molecule has 0 saturated carbocycles. The van der Waals surface area contributed by atoms with Crippen LogP contribution in [0.25, 0.3) is 0 Å². The van der Waals surface area contributed by atoms with E-state index in [0.717, 1.165) is 11.3 Å². The summed E-state index contributed by atoms with van der Waals surface area (Å²) in [6.45, 7) is 0.312. The summed E-state index contributed by atoms with van der Waals surface area (Å²) in [6.07, 6.45) is 0.749. The number of benzene rings is 2. The van der Waals surface area contributed by atoms with Crippen LogP contribution in [-0.2, 0) is 20.7 Å². The first-order chi connectivity index (χ1) is 13.1. The van der Waals surface area contributed by atoms with Gasteiger partial charge < -0.3 is 19.5 Å². The molecular formula is C20H22ClNO5. The van der Waals surface area contributed by atoms with Gasteiger partial charge in [-0.1, -0.05) is 23.7 Å². The van der Waals surface area contributed by atoms with E-state index in [4.69, 9.17) is 25.8 Å². The van der Waals surface area contributed by atoms with Gasteiger partial charge in [0.25, 0.3) is 5.91 Å². The first-order valence-corrected chi connectivity index (χ1v) is 8.88. The van der Waals surface area contributed by atoms with Gasteiger partial charge in [-0.05, 0) is 48.4 Å². The van der Waals surface area contributed by atoms with E-state index in [9.17, 15) is 9.59 Å². The van der Waals surface area contributed by atoms with Gasteiger partial charge in [-0.2, -0.15) is 0 Å². The van der Waals surface area contributed by atoms with Crippen molar-refractivity contribution in [3.63, 3.8) is 0 Å². The van der Waals surface area contributed by atoms with E-state index in [1.165, 1.54) is 0 Å². The highest BCUT2D eigenvalue weighted by Gasteiger charge is 2.08. The van der Waals surface area contributed by atoms with Crippen LogP contribution in [-0.4, -0.2) is 38.7 Å². The van der Waals surface area contributed by atoms with Gasteiger partial charge in [0.2, 0.25) is 0 Å². The van der Waals surface area contributed by atoms with E-state index in [0.29, 0.717) is 30.3 Å². The molecule has 1 amide bonds. The number of nitrogens with one attached hydrogen (secondary N) is 1. The lowest BCUT2D eigenvalue weighted by Crippen LogP contribution is -2.32. The first kappa shape index (κ1) is 20.6. The molecule has 0 saturated heterocycles. The summed E-state index contributed by atoms with van der Waals surface area (Å²) in [4.78, 5) is 23.4. The van der Waals surface area contributed by atoms with Crippen LogP contribution in [0.15, 0.2) is 48.5 Å². The van der Waals surface area contributed by atoms with Crippen molar-refractivity contribution in [2.45, 2.75) is 12.8 Å². The molecule has 0 spiro atoms. The minimum atomic E-state index is -0.418. The summed E-state index contributed by atoms with van der Waals surface area (Å²) >= 11 is 5.79. The largest absolute Gasteiger partial charge is 0.497 e. The molecule has 0 aliphatic heterocycles. The van der Waals surface area contributed by atoms with Gasteiger partial charge in [0.1, 0.15) is 18.1 Å². The highest BCUT2D eigenvalue weighted by molar-refractivity contribution is 6.30. The van der Waals surface area contributed by atoms with Crippen molar-refractivity contribution in [3.05, 3.63) is 59.1 Å². The zero-order valence-corrected chi connectivity index (χ0v) is 15.8.